The number of esters is 1. The van der Waals surface area contributed by atoms with Gasteiger partial charge in [0, 0.05) is 13.0 Å². The van der Waals surface area contributed by atoms with Gasteiger partial charge in [0.1, 0.15) is 17.2 Å². The van der Waals surface area contributed by atoms with Gasteiger partial charge in [-0.2, -0.15) is 0 Å². The average Bonchev–Trinajstić information content (AvgIpc) is 2.56. The molecular weight excluding hydrogens is 330 g/mol. The molecule has 0 aliphatic carbocycles. The van der Waals surface area contributed by atoms with Crippen LogP contribution in [-0.2, 0) is 25.7 Å². The third-order valence-electron chi connectivity index (χ3n) is 3.67. The molecule has 1 rings (SSSR count). The van der Waals surface area contributed by atoms with Gasteiger partial charge in [0.15, 0.2) is 0 Å². The predicted octanol–water partition coefficient (Wildman–Crippen LogP) is 2.94. The lowest BCUT2D eigenvalue weighted by molar-refractivity contribution is -0.153. The Morgan fingerprint density at radius 2 is 1.83 bits per heavy atom. The van der Waals surface area contributed by atoms with Crippen LogP contribution in [0.25, 0.3) is 0 Å². The number of Topliss-reactive ketones (excluding diaryl/α,β-unsaturated/α-hetero) is 1. The molecule has 2 atom stereocenters. The van der Waals surface area contributed by atoms with Crippen LogP contribution in [0, 0.1) is 0 Å². The summed E-state index contributed by atoms with van der Waals surface area (Å²) >= 11 is 5.97. The van der Waals surface area contributed by atoms with E-state index in [4.69, 9.17) is 16.3 Å². The molecule has 0 spiro atoms. The Labute approximate surface area is 147 Å². The summed E-state index contributed by atoms with van der Waals surface area (Å²) in [4.78, 5) is 37.3. The number of hydrogen-bond acceptors (Lipinski definition) is 4. The molecule has 0 N–H and O–H groups in total. The minimum atomic E-state index is -0.761. The van der Waals surface area contributed by atoms with E-state index in [1.54, 1.807) is 6.92 Å². The summed E-state index contributed by atoms with van der Waals surface area (Å²) in [5, 5.41) is -0.756. The molecule has 0 aliphatic rings. The van der Waals surface area contributed by atoms with Gasteiger partial charge in [-0.05, 0) is 32.3 Å². The van der Waals surface area contributed by atoms with Crippen molar-refractivity contribution in [2.24, 2.45) is 0 Å². The first kappa shape index (κ1) is 20.2. The van der Waals surface area contributed by atoms with Crippen LogP contribution in [0.1, 0.15) is 38.7 Å². The number of amides is 1. The number of nitrogens with zero attached hydrogens (tertiary/aromatic N) is 1. The van der Waals surface area contributed by atoms with Crippen molar-refractivity contribution in [1.82, 2.24) is 4.90 Å². The molecule has 24 heavy (non-hydrogen) atoms. The lowest BCUT2D eigenvalue weighted by Gasteiger charge is -2.31. The van der Waals surface area contributed by atoms with Crippen molar-refractivity contribution in [3.63, 3.8) is 0 Å². The van der Waals surface area contributed by atoms with Gasteiger partial charge in [-0.1, -0.05) is 30.3 Å². The normalized spacial score (nSPS) is 13.0. The van der Waals surface area contributed by atoms with Crippen molar-refractivity contribution in [1.29, 1.82) is 0 Å². The monoisotopic (exact) mass is 353 g/mol. The van der Waals surface area contributed by atoms with E-state index >= 15 is 0 Å². The highest BCUT2D eigenvalue weighted by Gasteiger charge is 2.32. The zero-order valence-corrected chi connectivity index (χ0v) is 15.1. The number of methoxy groups -OCH3 is 1. The van der Waals surface area contributed by atoms with Crippen molar-refractivity contribution >= 4 is 29.3 Å². The van der Waals surface area contributed by atoms with Crippen molar-refractivity contribution in [2.75, 3.05) is 7.11 Å². The number of halogens is 1. The fourth-order valence-electron chi connectivity index (χ4n) is 2.43. The molecule has 0 saturated heterocycles. The highest BCUT2D eigenvalue weighted by Crippen LogP contribution is 2.18. The van der Waals surface area contributed by atoms with Crippen LogP contribution in [-0.4, -0.2) is 41.1 Å². The maximum Gasteiger partial charge on any atom is 0.328 e. The molecule has 0 saturated carbocycles. The van der Waals surface area contributed by atoms with Crippen molar-refractivity contribution in [2.45, 2.75) is 51.1 Å². The third-order valence-corrected chi connectivity index (χ3v) is 3.86. The molecule has 0 radical (unpaired) electrons. The Morgan fingerprint density at radius 3 is 2.33 bits per heavy atom. The number of rotatable bonds is 9. The largest absolute Gasteiger partial charge is 0.467 e. The van der Waals surface area contributed by atoms with E-state index in [0.717, 1.165) is 5.56 Å². The Bertz CT molecular complexity index is 559. The van der Waals surface area contributed by atoms with Crippen LogP contribution in [0.2, 0.25) is 0 Å². The SMILES string of the molecule is COC(=O)[C@H](CCCC(C)=O)N(Cc1ccccc1)C(=O)[C@@H](C)Cl. The smallest absolute Gasteiger partial charge is 0.328 e. The summed E-state index contributed by atoms with van der Waals surface area (Å²) in [6, 6.07) is 8.61. The summed E-state index contributed by atoms with van der Waals surface area (Å²) < 4.78 is 4.86. The first-order valence-corrected chi connectivity index (χ1v) is 8.36. The maximum atomic E-state index is 12.5. The summed E-state index contributed by atoms with van der Waals surface area (Å²) in [5.74, 6) is -0.788. The highest BCUT2D eigenvalue weighted by atomic mass is 35.5. The van der Waals surface area contributed by atoms with E-state index in [9.17, 15) is 14.4 Å². The molecule has 0 aromatic heterocycles. The maximum absolute atomic E-state index is 12.5. The zero-order valence-electron chi connectivity index (χ0n) is 14.3. The molecule has 0 unspecified atom stereocenters. The zero-order chi connectivity index (χ0) is 18.1. The van der Waals surface area contributed by atoms with Gasteiger partial charge >= 0.3 is 5.97 Å². The van der Waals surface area contributed by atoms with Crippen LogP contribution >= 0.6 is 11.6 Å². The first-order chi connectivity index (χ1) is 11.4. The molecule has 0 fully saturated rings. The standard InChI is InChI=1S/C18H24ClNO4/c1-13(21)8-7-11-16(18(23)24-3)20(17(22)14(2)19)12-15-9-5-4-6-10-15/h4-6,9-10,14,16H,7-8,11-12H2,1-3H3/t14-,16+/m1/s1. The first-order valence-electron chi connectivity index (χ1n) is 7.92. The fourth-order valence-corrected chi connectivity index (χ4v) is 2.56. The van der Waals surface area contributed by atoms with Gasteiger partial charge < -0.3 is 14.4 Å². The van der Waals surface area contributed by atoms with Crippen LogP contribution in [0.4, 0.5) is 0 Å². The lowest BCUT2D eigenvalue weighted by Crippen LogP contribution is -2.47. The van der Waals surface area contributed by atoms with Gasteiger partial charge in [-0.3, -0.25) is 4.79 Å². The molecule has 1 aromatic carbocycles. The summed E-state index contributed by atoms with van der Waals surface area (Å²) in [6.45, 7) is 3.34. The molecule has 0 bridgehead atoms. The quantitative estimate of drug-likeness (QED) is 0.505. The predicted molar refractivity (Wildman–Crippen MR) is 92.6 cm³/mol. The molecule has 1 amide bonds. The van der Waals surface area contributed by atoms with Gasteiger partial charge in [-0.15, -0.1) is 11.6 Å². The minimum absolute atomic E-state index is 0.0465. The second kappa shape index (κ2) is 10.1. The van der Waals surface area contributed by atoms with Crippen molar-refractivity contribution in [3.8, 4) is 0 Å². The van der Waals surface area contributed by atoms with Gasteiger partial charge in [0.25, 0.3) is 0 Å². The van der Waals surface area contributed by atoms with Gasteiger partial charge in [-0.25, -0.2) is 4.79 Å². The minimum Gasteiger partial charge on any atom is -0.467 e. The summed E-state index contributed by atoms with van der Waals surface area (Å²) in [6.07, 6.45) is 1.22. The van der Waals surface area contributed by atoms with Crippen LogP contribution < -0.4 is 0 Å². The van der Waals surface area contributed by atoms with Crippen molar-refractivity contribution < 1.29 is 19.1 Å². The number of benzene rings is 1. The molecule has 5 nitrogen and oxygen atoms in total. The molecule has 0 aliphatic heterocycles. The Kier molecular flexibility index (Phi) is 8.47. The van der Waals surface area contributed by atoms with E-state index in [1.165, 1.54) is 18.9 Å². The van der Waals surface area contributed by atoms with E-state index in [2.05, 4.69) is 0 Å². The number of hydrogen-bond donors (Lipinski definition) is 0. The number of ketones is 1. The number of carbonyl (C=O) groups excluding carboxylic acids is 3. The molecule has 6 heteroatoms. The molecular formula is C18H24ClNO4. The Hall–Kier alpha value is -1.88. The van der Waals surface area contributed by atoms with E-state index in [0.29, 0.717) is 19.3 Å². The van der Waals surface area contributed by atoms with E-state index in [-0.39, 0.29) is 18.2 Å². The lowest BCUT2D eigenvalue weighted by atomic mass is 10.0. The van der Waals surface area contributed by atoms with Crippen LogP contribution in [0.5, 0.6) is 0 Å². The second-order valence-electron chi connectivity index (χ2n) is 5.70. The van der Waals surface area contributed by atoms with Gasteiger partial charge in [0.2, 0.25) is 5.91 Å². The average molecular weight is 354 g/mol. The van der Waals surface area contributed by atoms with E-state index in [1.807, 2.05) is 30.3 Å². The topological polar surface area (TPSA) is 63.7 Å². The molecule has 132 valence electrons. The Morgan fingerprint density at radius 1 is 1.21 bits per heavy atom. The Balaban J connectivity index is 3.02. The summed E-state index contributed by atoms with van der Waals surface area (Å²) in [7, 11) is 1.29. The number of carbonyl (C=O) groups is 3. The van der Waals surface area contributed by atoms with E-state index < -0.39 is 17.4 Å². The molecule has 1 aromatic rings. The van der Waals surface area contributed by atoms with Crippen LogP contribution in [0.15, 0.2) is 30.3 Å². The number of ether oxygens (including phenoxy) is 1. The summed E-state index contributed by atoms with van der Waals surface area (Å²) in [5.41, 5.74) is 0.892. The van der Waals surface area contributed by atoms with Crippen LogP contribution in [0.3, 0.4) is 0 Å². The molecule has 0 heterocycles. The van der Waals surface area contributed by atoms with Gasteiger partial charge in [0.05, 0.1) is 7.11 Å². The second-order valence-corrected chi connectivity index (χ2v) is 6.36. The third kappa shape index (κ3) is 6.32. The fraction of sp³-hybridized carbons (Fsp3) is 0.500. The highest BCUT2D eigenvalue weighted by molar-refractivity contribution is 6.30. The number of alkyl halides is 1. The van der Waals surface area contributed by atoms with Crippen molar-refractivity contribution in [3.05, 3.63) is 35.9 Å².